The Bertz CT molecular complexity index is 522. The zero-order valence-electron chi connectivity index (χ0n) is 10.1. The fourth-order valence-corrected chi connectivity index (χ4v) is 3.15. The molecule has 1 N–H and O–H groups in total. The molecule has 0 radical (unpaired) electrons. The first-order valence-corrected chi connectivity index (χ1v) is 7.18. The Morgan fingerprint density at radius 1 is 1.35 bits per heavy atom. The van der Waals surface area contributed by atoms with E-state index in [0.29, 0.717) is 6.04 Å². The van der Waals surface area contributed by atoms with Crippen molar-refractivity contribution in [1.82, 2.24) is 4.98 Å². The molecular formula is C13H15BrN2S. The highest BCUT2D eigenvalue weighted by atomic mass is 79.9. The summed E-state index contributed by atoms with van der Waals surface area (Å²) in [6.45, 7) is 6.21. The second-order valence-electron chi connectivity index (χ2n) is 4.12. The summed E-state index contributed by atoms with van der Waals surface area (Å²) in [5.41, 5.74) is 3.21. The Hall–Kier alpha value is -0.870. The van der Waals surface area contributed by atoms with Gasteiger partial charge in [-0.1, -0.05) is 0 Å². The van der Waals surface area contributed by atoms with Crippen LogP contribution in [-0.2, 0) is 0 Å². The summed E-state index contributed by atoms with van der Waals surface area (Å²) < 4.78 is 1.14. The van der Waals surface area contributed by atoms with Crippen molar-refractivity contribution in [2.24, 2.45) is 0 Å². The molecular weight excluding hydrogens is 296 g/mol. The van der Waals surface area contributed by atoms with Crippen LogP contribution < -0.4 is 5.32 Å². The Morgan fingerprint density at radius 3 is 2.71 bits per heavy atom. The monoisotopic (exact) mass is 310 g/mol. The zero-order valence-corrected chi connectivity index (χ0v) is 12.5. The van der Waals surface area contributed by atoms with E-state index in [2.05, 4.69) is 50.7 Å². The van der Waals surface area contributed by atoms with Crippen molar-refractivity contribution in [3.05, 3.63) is 44.3 Å². The molecule has 0 aliphatic rings. The largest absolute Gasteiger partial charge is 0.376 e. The average Bonchev–Trinajstić information content (AvgIpc) is 2.69. The van der Waals surface area contributed by atoms with Gasteiger partial charge in [0.1, 0.15) is 0 Å². The van der Waals surface area contributed by atoms with Gasteiger partial charge in [0.05, 0.1) is 17.4 Å². The van der Waals surface area contributed by atoms with E-state index in [9.17, 15) is 0 Å². The minimum absolute atomic E-state index is 0.300. The van der Waals surface area contributed by atoms with E-state index >= 15 is 0 Å². The number of aryl methyl sites for hydroxylation is 2. The number of rotatable bonds is 3. The summed E-state index contributed by atoms with van der Waals surface area (Å²) in [7, 11) is 0. The van der Waals surface area contributed by atoms with E-state index in [0.717, 1.165) is 21.5 Å². The second-order valence-corrected chi connectivity index (χ2v) is 5.98. The number of hydrogen-bond acceptors (Lipinski definition) is 3. The summed E-state index contributed by atoms with van der Waals surface area (Å²) in [5.74, 6) is 0. The molecule has 0 aliphatic carbocycles. The Morgan fingerprint density at radius 2 is 2.12 bits per heavy atom. The van der Waals surface area contributed by atoms with Crippen LogP contribution in [-0.4, -0.2) is 4.98 Å². The Balaban J connectivity index is 2.15. The highest BCUT2D eigenvalue weighted by molar-refractivity contribution is 9.10. The molecule has 2 aromatic heterocycles. The Kier molecular flexibility index (Phi) is 3.84. The van der Waals surface area contributed by atoms with Crippen LogP contribution in [0.5, 0.6) is 0 Å². The van der Waals surface area contributed by atoms with Crippen molar-refractivity contribution in [2.45, 2.75) is 26.8 Å². The SMILES string of the molecule is Cc1ccc(NC(C)c2cc(Br)cs2)c(C)n1. The highest BCUT2D eigenvalue weighted by Crippen LogP contribution is 2.28. The van der Waals surface area contributed by atoms with Gasteiger partial charge in [-0.15, -0.1) is 11.3 Å². The number of hydrogen-bond donors (Lipinski definition) is 1. The third-order valence-corrected chi connectivity index (χ3v) is 4.49. The number of nitrogens with one attached hydrogen (secondary N) is 1. The fourth-order valence-electron chi connectivity index (χ4n) is 1.70. The van der Waals surface area contributed by atoms with Gasteiger partial charge in [-0.05, 0) is 54.9 Å². The van der Waals surface area contributed by atoms with Crippen LogP contribution >= 0.6 is 27.3 Å². The topological polar surface area (TPSA) is 24.9 Å². The van der Waals surface area contributed by atoms with Crippen LogP contribution in [0.25, 0.3) is 0 Å². The summed E-state index contributed by atoms with van der Waals surface area (Å²) in [6, 6.07) is 6.58. The molecule has 2 heterocycles. The van der Waals surface area contributed by atoms with Gasteiger partial charge in [0.25, 0.3) is 0 Å². The second kappa shape index (κ2) is 5.19. The average molecular weight is 311 g/mol. The highest BCUT2D eigenvalue weighted by Gasteiger charge is 2.09. The van der Waals surface area contributed by atoms with Crippen LogP contribution in [0.4, 0.5) is 5.69 Å². The molecule has 0 saturated carbocycles. The van der Waals surface area contributed by atoms with E-state index in [-0.39, 0.29) is 0 Å². The van der Waals surface area contributed by atoms with E-state index in [1.165, 1.54) is 4.88 Å². The van der Waals surface area contributed by atoms with Gasteiger partial charge in [-0.2, -0.15) is 0 Å². The van der Waals surface area contributed by atoms with Gasteiger partial charge in [0, 0.05) is 20.4 Å². The summed E-state index contributed by atoms with van der Waals surface area (Å²) in [6.07, 6.45) is 0. The lowest BCUT2D eigenvalue weighted by atomic mass is 10.2. The maximum Gasteiger partial charge on any atom is 0.0607 e. The van der Waals surface area contributed by atoms with Crippen LogP contribution in [0.15, 0.2) is 28.1 Å². The van der Waals surface area contributed by atoms with Crippen LogP contribution in [0.1, 0.15) is 29.2 Å². The van der Waals surface area contributed by atoms with Gasteiger partial charge in [0.15, 0.2) is 0 Å². The number of anilines is 1. The number of thiophene rings is 1. The molecule has 0 bridgehead atoms. The fraction of sp³-hybridized carbons (Fsp3) is 0.308. The standard InChI is InChI=1S/C13H15BrN2S/c1-8-4-5-12(9(2)15-8)16-10(3)13-6-11(14)7-17-13/h4-7,10,16H,1-3H3. The van der Waals surface area contributed by atoms with Crippen molar-refractivity contribution in [3.8, 4) is 0 Å². The van der Waals surface area contributed by atoms with Gasteiger partial charge in [-0.25, -0.2) is 0 Å². The van der Waals surface area contributed by atoms with E-state index < -0.39 is 0 Å². The van der Waals surface area contributed by atoms with Crippen molar-refractivity contribution >= 4 is 33.0 Å². The molecule has 1 unspecified atom stereocenters. The lowest BCUT2D eigenvalue weighted by molar-refractivity contribution is 0.899. The lowest BCUT2D eigenvalue weighted by Gasteiger charge is -2.15. The van der Waals surface area contributed by atoms with Crippen LogP contribution in [0, 0.1) is 13.8 Å². The number of aromatic nitrogens is 1. The van der Waals surface area contributed by atoms with E-state index in [1.54, 1.807) is 11.3 Å². The molecule has 2 aromatic rings. The lowest BCUT2D eigenvalue weighted by Crippen LogP contribution is -2.07. The molecule has 1 atom stereocenters. The third-order valence-electron chi connectivity index (χ3n) is 2.61. The molecule has 2 nitrogen and oxygen atoms in total. The zero-order chi connectivity index (χ0) is 12.4. The Labute approximate surface area is 114 Å². The molecule has 90 valence electrons. The minimum Gasteiger partial charge on any atom is -0.376 e. The molecule has 0 aromatic carbocycles. The molecule has 0 fully saturated rings. The van der Waals surface area contributed by atoms with Crippen molar-refractivity contribution in [2.75, 3.05) is 5.32 Å². The molecule has 17 heavy (non-hydrogen) atoms. The predicted molar refractivity (Wildman–Crippen MR) is 77.8 cm³/mol. The number of nitrogens with zero attached hydrogens (tertiary/aromatic N) is 1. The maximum atomic E-state index is 4.46. The molecule has 0 amide bonds. The van der Waals surface area contributed by atoms with E-state index in [4.69, 9.17) is 0 Å². The van der Waals surface area contributed by atoms with E-state index in [1.807, 2.05) is 19.9 Å². The number of halogens is 1. The van der Waals surface area contributed by atoms with Crippen molar-refractivity contribution in [1.29, 1.82) is 0 Å². The van der Waals surface area contributed by atoms with Gasteiger partial charge < -0.3 is 5.32 Å². The first-order chi connectivity index (χ1) is 8.06. The van der Waals surface area contributed by atoms with Crippen LogP contribution in [0.2, 0.25) is 0 Å². The minimum atomic E-state index is 0.300. The van der Waals surface area contributed by atoms with Gasteiger partial charge in [-0.3, -0.25) is 4.98 Å². The quantitative estimate of drug-likeness (QED) is 0.889. The maximum absolute atomic E-state index is 4.46. The first kappa shape index (κ1) is 12.6. The van der Waals surface area contributed by atoms with Gasteiger partial charge >= 0.3 is 0 Å². The van der Waals surface area contributed by atoms with Crippen LogP contribution in [0.3, 0.4) is 0 Å². The third kappa shape index (κ3) is 3.07. The number of pyridine rings is 1. The molecule has 0 spiro atoms. The molecule has 0 aliphatic heterocycles. The predicted octanol–water partition coefficient (Wildman–Crippen LogP) is 4.70. The smallest absolute Gasteiger partial charge is 0.0607 e. The normalized spacial score (nSPS) is 12.5. The molecule has 0 saturated heterocycles. The van der Waals surface area contributed by atoms with Crippen molar-refractivity contribution < 1.29 is 0 Å². The summed E-state index contributed by atoms with van der Waals surface area (Å²) >= 11 is 5.24. The van der Waals surface area contributed by atoms with Gasteiger partial charge in [0.2, 0.25) is 0 Å². The molecule has 2 rings (SSSR count). The first-order valence-electron chi connectivity index (χ1n) is 5.51. The summed E-state index contributed by atoms with van der Waals surface area (Å²) in [5, 5.41) is 5.60. The van der Waals surface area contributed by atoms with Crippen molar-refractivity contribution in [3.63, 3.8) is 0 Å². The summed E-state index contributed by atoms with van der Waals surface area (Å²) in [4.78, 5) is 5.77. The molecule has 4 heteroatoms.